The normalized spacial score (nSPS) is 16.3. The van der Waals surface area contributed by atoms with E-state index in [1.165, 1.54) is 27.8 Å². The lowest BCUT2D eigenvalue weighted by Crippen LogP contribution is -2.35. The summed E-state index contributed by atoms with van der Waals surface area (Å²) < 4.78 is 2.03. The van der Waals surface area contributed by atoms with Crippen LogP contribution in [0.2, 0.25) is 5.02 Å². The smallest absolute Gasteiger partial charge is 0.0991 e. The first-order valence-electron chi connectivity index (χ1n) is 10.9. The molecule has 1 unspecified atom stereocenters. The highest BCUT2D eigenvalue weighted by Gasteiger charge is 2.31. The maximum absolute atomic E-state index is 6.34. The molecule has 5 aromatic rings. The molecular weight excluding hydrogens is 416 g/mol. The van der Waals surface area contributed by atoms with Gasteiger partial charge in [0, 0.05) is 52.8 Å². The van der Waals surface area contributed by atoms with E-state index < -0.39 is 0 Å². The van der Waals surface area contributed by atoms with Gasteiger partial charge in [-0.1, -0.05) is 54.1 Å². The van der Waals surface area contributed by atoms with Crippen molar-refractivity contribution in [2.75, 3.05) is 6.54 Å². The second-order valence-electron chi connectivity index (χ2n) is 8.38. The summed E-state index contributed by atoms with van der Waals surface area (Å²) in [5.74, 6) is 0. The molecule has 0 saturated heterocycles. The quantitative estimate of drug-likeness (QED) is 0.365. The number of halogens is 1. The minimum absolute atomic E-state index is 0.155. The fourth-order valence-corrected chi connectivity index (χ4v) is 5.09. The topological polar surface area (TPSA) is 36.9 Å². The first-order chi connectivity index (χ1) is 15.8. The summed E-state index contributed by atoms with van der Waals surface area (Å²) >= 11 is 6.34. The number of fused-ring (bicyclic) bond motifs is 3. The van der Waals surface area contributed by atoms with Gasteiger partial charge in [0.2, 0.25) is 0 Å². The molecule has 1 atom stereocenters. The van der Waals surface area contributed by atoms with Gasteiger partial charge in [-0.3, -0.25) is 4.90 Å². The Labute approximate surface area is 192 Å². The molecule has 158 valence electrons. The zero-order valence-electron chi connectivity index (χ0n) is 17.6. The lowest BCUT2D eigenvalue weighted by molar-refractivity contribution is 0.202. The van der Waals surface area contributed by atoms with E-state index in [4.69, 9.17) is 11.6 Å². The van der Waals surface area contributed by atoms with E-state index in [-0.39, 0.29) is 6.04 Å². The molecule has 4 nitrogen and oxygen atoms in total. The Morgan fingerprint density at radius 2 is 1.84 bits per heavy atom. The van der Waals surface area contributed by atoms with E-state index in [1.54, 1.807) is 6.20 Å². The number of nitrogens with one attached hydrogen (secondary N) is 1. The number of aromatic nitrogens is 3. The third-order valence-corrected chi connectivity index (χ3v) is 6.66. The Balaban J connectivity index is 1.45. The van der Waals surface area contributed by atoms with Gasteiger partial charge in [0.25, 0.3) is 0 Å². The molecule has 0 saturated carbocycles. The van der Waals surface area contributed by atoms with Gasteiger partial charge in [-0.15, -0.1) is 0 Å². The van der Waals surface area contributed by atoms with E-state index in [9.17, 15) is 0 Å². The highest BCUT2D eigenvalue weighted by molar-refractivity contribution is 6.31. The fourth-order valence-electron chi connectivity index (χ4n) is 4.92. The second kappa shape index (κ2) is 7.97. The molecule has 3 aromatic carbocycles. The summed E-state index contributed by atoms with van der Waals surface area (Å²) in [5, 5.41) is 2.03. The Morgan fingerprint density at radius 3 is 2.62 bits per heavy atom. The molecule has 6 rings (SSSR count). The minimum Gasteiger partial charge on any atom is -0.357 e. The van der Waals surface area contributed by atoms with Crippen molar-refractivity contribution in [1.82, 2.24) is 19.4 Å². The molecule has 5 heteroatoms. The number of hydrogen-bond donors (Lipinski definition) is 1. The third-order valence-electron chi connectivity index (χ3n) is 6.43. The van der Waals surface area contributed by atoms with Gasteiger partial charge in [-0.2, -0.15) is 0 Å². The molecule has 0 radical (unpaired) electrons. The Morgan fingerprint density at radius 1 is 1.00 bits per heavy atom. The van der Waals surface area contributed by atoms with Crippen LogP contribution in [-0.2, 0) is 13.0 Å². The van der Waals surface area contributed by atoms with Crippen LogP contribution in [-0.4, -0.2) is 26.0 Å². The van der Waals surface area contributed by atoms with Crippen LogP contribution in [0.15, 0.2) is 91.5 Å². The highest BCUT2D eigenvalue weighted by Crippen LogP contribution is 2.40. The molecule has 1 aliphatic heterocycles. The van der Waals surface area contributed by atoms with Crippen molar-refractivity contribution in [2.45, 2.75) is 19.0 Å². The number of H-pyrrole nitrogens is 1. The zero-order chi connectivity index (χ0) is 21.5. The van der Waals surface area contributed by atoms with E-state index in [1.807, 2.05) is 23.2 Å². The number of nitrogens with zero attached hydrogens (tertiary/aromatic N) is 3. The molecule has 0 amide bonds. The monoisotopic (exact) mass is 438 g/mol. The maximum Gasteiger partial charge on any atom is 0.0991 e. The Hall–Kier alpha value is -3.34. The summed E-state index contributed by atoms with van der Waals surface area (Å²) in [6.45, 7) is 1.90. The largest absolute Gasteiger partial charge is 0.357 e. The summed E-state index contributed by atoms with van der Waals surface area (Å²) in [5.41, 5.74) is 7.54. The Kier molecular flexibility index (Phi) is 4.82. The van der Waals surface area contributed by atoms with Crippen LogP contribution in [0.1, 0.15) is 28.4 Å². The van der Waals surface area contributed by atoms with Gasteiger partial charge in [-0.25, -0.2) is 4.98 Å². The number of rotatable bonds is 4. The Bertz CT molecular complexity index is 1350. The molecule has 0 bridgehead atoms. The number of aromatic amines is 1. The van der Waals surface area contributed by atoms with Crippen LogP contribution < -0.4 is 0 Å². The van der Waals surface area contributed by atoms with Crippen LogP contribution in [0.5, 0.6) is 0 Å². The predicted molar refractivity (Wildman–Crippen MR) is 129 cm³/mol. The zero-order valence-corrected chi connectivity index (χ0v) is 18.3. The number of benzene rings is 3. The van der Waals surface area contributed by atoms with E-state index in [0.717, 1.165) is 35.7 Å². The molecule has 1 N–H and O–H groups in total. The molecular formula is C27H23ClN4. The molecule has 32 heavy (non-hydrogen) atoms. The average Bonchev–Trinajstić information content (AvgIpc) is 3.48. The molecule has 2 aromatic heterocycles. The molecule has 0 fully saturated rings. The third kappa shape index (κ3) is 3.42. The van der Waals surface area contributed by atoms with Gasteiger partial charge in [-0.05, 0) is 53.4 Å². The molecule has 3 heterocycles. The second-order valence-corrected chi connectivity index (χ2v) is 8.81. The number of hydrogen-bond acceptors (Lipinski definition) is 2. The lowest BCUT2D eigenvalue weighted by atomic mass is 9.91. The van der Waals surface area contributed by atoms with Gasteiger partial charge >= 0.3 is 0 Å². The molecule has 1 aliphatic rings. The minimum atomic E-state index is 0.155. The van der Waals surface area contributed by atoms with E-state index in [2.05, 4.69) is 81.6 Å². The molecule has 0 aliphatic carbocycles. The van der Waals surface area contributed by atoms with Crippen LogP contribution in [0.4, 0.5) is 0 Å². The summed E-state index contributed by atoms with van der Waals surface area (Å²) in [7, 11) is 0. The number of imidazole rings is 1. The average molecular weight is 439 g/mol. The van der Waals surface area contributed by atoms with E-state index >= 15 is 0 Å². The van der Waals surface area contributed by atoms with Crippen LogP contribution in [0.25, 0.3) is 16.6 Å². The van der Waals surface area contributed by atoms with Crippen LogP contribution in [0, 0.1) is 0 Å². The van der Waals surface area contributed by atoms with Crippen molar-refractivity contribution >= 4 is 22.5 Å². The van der Waals surface area contributed by atoms with Gasteiger partial charge in [0.15, 0.2) is 0 Å². The van der Waals surface area contributed by atoms with E-state index in [0.29, 0.717) is 0 Å². The van der Waals surface area contributed by atoms with Crippen molar-refractivity contribution in [3.05, 3.63) is 119 Å². The highest BCUT2D eigenvalue weighted by atomic mass is 35.5. The summed E-state index contributed by atoms with van der Waals surface area (Å²) in [6.07, 6.45) is 6.61. The SMILES string of the molecule is Clc1ccc2[nH]c3c(c2c1)CCN(Cc1ccccc1)C3c1ccc(-n2ccnc2)cc1. The van der Waals surface area contributed by atoms with Crippen LogP contribution in [0.3, 0.4) is 0 Å². The van der Waals surface area contributed by atoms with Crippen molar-refractivity contribution in [3.63, 3.8) is 0 Å². The first-order valence-corrected chi connectivity index (χ1v) is 11.3. The fraction of sp³-hybridized carbons (Fsp3) is 0.148. The first kappa shape index (κ1) is 19.4. The summed E-state index contributed by atoms with van der Waals surface area (Å²) in [6, 6.07) is 25.9. The maximum atomic E-state index is 6.34. The van der Waals surface area contributed by atoms with Gasteiger partial charge < -0.3 is 9.55 Å². The summed E-state index contributed by atoms with van der Waals surface area (Å²) in [4.78, 5) is 10.5. The van der Waals surface area contributed by atoms with Crippen LogP contribution >= 0.6 is 11.6 Å². The van der Waals surface area contributed by atoms with Crippen molar-refractivity contribution in [1.29, 1.82) is 0 Å². The van der Waals surface area contributed by atoms with Gasteiger partial charge in [0.1, 0.15) is 0 Å². The van der Waals surface area contributed by atoms with Crippen molar-refractivity contribution in [2.24, 2.45) is 0 Å². The van der Waals surface area contributed by atoms with Crippen molar-refractivity contribution in [3.8, 4) is 5.69 Å². The predicted octanol–water partition coefficient (Wildman–Crippen LogP) is 6.15. The van der Waals surface area contributed by atoms with Gasteiger partial charge in [0.05, 0.1) is 12.4 Å². The van der Waals surface area contributed by atoms with Crippen molar-refractivity contribution < 1.29 is 0 Å². The standard InChI is InChI=1S/C27H23ClN4/c28-21-8-11-25-24(16-21)23-12-14-31(17-19-4-2-1-3-5-19)27(26(23)30-25)20-6-9-22(10-7-20)32-15-13-29-18-32/h1-11,13,15-16,18,27,30H,12,14,17H2. The molecule has 0 spiro atoms. The lowest BCUT2D eigenvalue weighted by Gasteiger charge is -2.36.